The largest absolute Gasteiger partial charge is 0.486 e. The molecule has 0 spiro atoms. The van der Waals surface area contributed by atoms with E-state index in [-0.39, 0.29) is 0 Å². The molecular weight excluding hydrogens is 510 g/mol. The van der Waals surface area contributed by atoms with Crippen LogP contribution in [0.2, 0.25) is 0 Å². The van der Waals surface area contributed by atoms with E-state index in [2.05, 4.69) is 111 Å². The van der Waals surface area contributed by atoms with Crippen LogP contribution in [-0.2, 0) is 6.61 Å². The maximum absolute atomic E-state index is 6.29. The number of H-pyrrole nitrogens is 1. The lowest BCUT2D eigenvalue weighted by Crippen LogP contribution is -2.06. The molecule has 0 unspecified atom stereocenters. The molecule has 0 amide bonds. The third-order valence-electron chi connectivity index (χ3n) is 8.22. The lowest BCUT2D eigenvalue weighted by molar-refractivity contribution is 0.301. The number of nitrogens with zero attached hydrogens (tertiary/aromatic N) is 1. The summed E-state index contributed by atoms with van der Waals surface area (Å²) in [6.45, 7) is 15.7. The van der Waals surface area contributed by atoms with E-state index in [1.807, 2.05) is 11.3 Å². The lowest BCUT2D eigenvalue weighted by atomic mass is 9.94. The molecule has 7 rings (SSSR count). The Labute approximate surface area is 238 Å². The van der Waals surface area contributed by atoms with E-state index in [1.54, 1.807) is 0 Å². The number of aryl methyl sites for hydroxylation is 1. The van der Waals surface area contributed by atoms with Gasteiger partial charge in [-0.05, 0) is 69.9 Å². The Hall–Kier alpha value is -4.09. The molecule has 0 saturated carbocycles. The van der Waals surface area contributed by atoms with Crippen molar-refractivity contribution in [3.05, 3.63) is 89.3 Å². The third kappa shape index (κ3) is 3.83. The Balaban J connectivity index is 1.34. The highest BCUT2D eigenvalue weighted by atomic mass is 32.1. The third-order valence-corrected chi connectivity index (χ3v) is 9.17. The molecule has 0 bridgehead atoms. The molecule has 2 aromatic heterocycles. The Bertz CT molecular complexity index is 1970. The van der Waals surface area contributed by atoms with Gasteiger partial charge in [-0.1, -0.05) is 64.6 Å². The predicted molar refractivity (Wildman–Crippen MR) is 171 cm³/mol. The molecule has 6 aromatic rings. The fraction of sp³-hybridized carbons (Fsp3) is 0.229. The highest BCUT2D eigenvalue weighted by molar-refractivity contribution is 7.18. The number of hydrogen-bond acceptors (Lipinski definition) is 4. The SMILES string of the molecule is C=C(Nc1c(C)c2ccsc2c2cc(-c3ccc4c5c(ccc4c3)-c3nc(C(C)C)[nH]c3CO5)ccc12)C(C)C. The zero-order valence-corrected chi connectivity index (χ0v) is 24.4. The van der Waals surface area contributed by atoms with Gasteiger partial charge in [-0.2, -0.15) is 0 Å². The van der Waals surface area contributed by atoms with Crippen molar-refractivity contribution < 1.29 is 4.74 Å². The summed E-state index contributed by atoms with van der Waals surface area (Å²) in [5.74, 6) is 2.64. The van der Waals surface area contributed by atoms with Crippen molar-refractivity contribution in [2.24, 2.45) is 5.92 Å². The Morgan fingerprint density at radius 2 is 1.73 bits per heavy atom. The molecule has 200 valence electrons. The first-order valence-electron chi connectivity index (χ1n) is 14.0. The Morgan fingerprint density at radius 1 is 0.950 bits per heavy atom. The smallest absolute Gasteiger partial charge is 0.137 e. The number of rotatable bonds is 5. The van der Waals surface area contributed by atoms with Gasteiger partial charge in [-0.15, -0.1) is 11.3 Å². The van der Waals surface area contributed by atoms with E-state index >= 15 is 0 Å². The zero-order chi connectivity index (χ0) is 27.7. The quantitative estimate of drug-likeness (QED) is 0.227. The van der Waals surface area contributed by atoms with E-state index in [1.165, 1.54) is 42.9 Å². The van der Waals surface area contributed by atoms with Crippen molar-refractivity contribution in [3.63, 3.8) is 0 Å². The highest BCUT2D eigenvalue weighted by Crippen LogP contribution is 2.44. The molecule has 0 aliphatic carbocycles. The van der Waals surface area contributed by atoms with Gasteiger partial charge in [0.15, 0.2) is 0 Å². The molecular formula is C35H33N3OS. The van der Waals surface area contributed by atoms with Crippen LogP contribution in [0.4, 0.5) is 5.69 Å². The van der Waals surface area contributed by atoms with Crippen molar-refractivity contribution in [2.45, 2.75) is 47.1 Å². The number of anilines is 1. The molecule has 0 saturated heterocycles. The van der Waals surface area contributed by atoms with Crippen LogP contribution in [0.3, 0.4) is 0 Å². The number of aromatic nitrogens is 2. The molecule has 0 radical (unpaired) electrons. The number of benzene rings is 4. The van der Waals surface area contributed by atoms with E-state index in [0.717, 1.165) is 45.3 Å². The number of aromatic amines is 1. The van der Waals surface area contributed by atoms with E-state index < -0.39 is 0 Å². The Morgan fingerprint density at radius 3 is 2.50 bits per heavy atom. The monoisotopic (exact) mass is 543 g/mol. The van der Waals surface area contributed by atoms with E-state index in [4.69, 9.17) is 9.72 Å². The first kappa shape index (κ1) is 24.9. The summed E-state index contributed by atoms with van der Waals surface area (Å²) in [4.78, 5) is 8.36. The lowest BCUT2D eigenvalue weighted by Gasteiger charge is -2.20. The second-order valence-electron chi connectivity index (χ2n) is 11.5. The standard InChI is InChI=1S/C35H33N3OS/c1-18(2)21(6)36-31-20(5)25-13-14-40-34(25)29-16-23(8-11-27(29)31)22-7-10-26-24(15-22)9-12-28-32-30(17-39-33(26)28)37-35(38-32)19(3)4/h7-16,18-19,36H,6,17H2,1-5H3,(H,37,38). The van der Waals surface area contributed by atoms with Crippen LogP contribution in [0.5, 0.6) is 5.75 Å². The summed E-state index contributed by atoms with van der Waals surface area (Å²) in [6.07, 6.45) is 0. The maximum atomic E-state index is 6.29. The van der Waals surface area contributed by atoms with Crippen LogP contribution in [-0.4, -0.2) is 9.97 Å². The van der Waals surface area contributed by atoms with Crippen molar-refractivity contribution >= 4 is 48.7 Å². The number of ether oxygens (including phenoxy) is 1. The molecule has 0 atom stereocenters. The minimum atomic E-state index is 0.347. The van der Waals surface area contributed by atoms with Crippen LogP contribution >= 0.6 is 11.3 Å². The molecule has 1 aliphatic rings. The first-order valence-corrected chi connectivity index (χ1v) is 14.9. The first-order chi connectivity index (χ1) is 19.3. The summed E-state index contributed by atoms with van der Waals surface area (Å²) in [6, 6.07) is 20.1. The normalized spacial score (nSPS) is 12.8. The van der Waals surface area contributed by atoms with Gasteiger partial charge in [0.2, 0.25) is 0 Å². The van der Waals surface area contributed by atoms with Crippen LogP contribution in [0.1, 0.15) is 50.7 Å². The van der Waals surface area contributed by atoms with Gasteiger partial charge >= 0.3 is 0 Å². The summed E-state index contributed by atoms with van der Waals surface area (Å²) in [5, 5.41) is 11.9. The van der Waals surface area contributed by atoms with E-state index in [0.29, 0.717) is 18.4 Å². The summed E-state index contributed by atoms with van der Waals surface area (Å²) in [7, 11) is 0. The second-order valence-corrected chi connectivity index (χ2v) is 12.4. The minimum absolute atomic E-state index is 0.347. The molecule has 1 aliphatic heterocycles. The van der Waals surface area contributed by atoms with Gasteiger partial charge in [-0.3, -0.25) is 0 Å². The zero-order valence-electron chi connectivity index (χ0n) is 23.6. The maximum Gasteiger partial charge on any atom is 0.137 e. The van der Waals surface area contributed by atoms with Gasteiger partial charge in [0.1, 0.15) is 18.2 Å². The average molecular weight is 544 g/mol. The molecule has 2 N–H and O–H groups in total. The topological polar surface area (TPSA) is 49.9 Å². The fourth-order valence-corrected chi connectivity index (χ4v) is 6.73. The fourth-order valence-electron chi connectivity index (χ4n) is 5.74. The Kier molecular flexibility index (Phi) is 5.76. The molecule has 4 aromatic carbocycles. The van der Waals surface area contributed by atoms with Crippen LogP contribution < -0.4 is 10.1 Å². The minimum Gasteiger partial charge on any atom is -0.486 e. The van der Waals surface area contributed by atoms with Gasteiger partial charge in [-0.25, -0.2) is 4.98 Å². The number of thiophene rings is 1. The summed E-state index contributed by atoms with van der Waals surface area (Å²) in [5.41, 5.74) is 9.01. The van der Waals surface area contributed by atoms with Gasteiger partial charge < -0.3 is 15.0 Å². The number of nitrogens with one attached hydrogen (secondary N) is 2. The highest BCUT2D eigenvalue weighted by Gasteiger charge is 2.24. The van der Waals surface area contributed by atoms with Gasteiger partial charge in [0.05, 0.1) is 11.4 Å². The molecule has 5 heteroatoms. The van der Waals surface area contributed by atoms with Crippen molar-refractivity contribution in [2.75, 3.05) is 5.32 Å². The van der Waals surface area contributed by atoms with Crippen LogP contribution in [0.15, 0.2) is 72.3 Å². The molecule has 0 fully saturated rings. The van der Waals surface area contributed by atoms with Crippen molar-refractivity contribution in [1.82, 2.24) is 9.97 Å². The second kappa shape index (κ2) is 9.24. The average Bonchev–Trinajstić information content (AvgIpc) is 3.62. The number of allylic oxidation sites excluding steroid dienone is 1. The van der Waals surface area contributed by atoms with Crippen molar-refractivity contribution in [1.29, 1.82) is 0 Å². The van der Waals surface area contributed by atoms with Gasteiger partial charge in [0.25, 0.3) is 0 Å². The number of hydrogen-bond donors (Lipinski definition) is 2. The van der Waals surface area contributed by atoms with Crippen molar-refractivity contribution in [3.8, 4) is 28.1 Å². The summed E-state index contributed by atoms with van der Waals surface area (Å²) < 4.78 is 7.62. The molecule has 3 heterocycles. The van der Waals surface area contributed by atoms with E-state index in [9.17, 15) is 0 Å². The van der Waals surface area contributed by atoms with Gasteiger partial charge in [0, 0.05) is 43.7 Å². The predicted octanol–water partition coefficient (Wildman–Crippen LogP) is 10.2. The number of fused-ring (bicyclic) bond motifs is 8. The number of imidazole rings is 1. The van der Waals surface area contributed by atoms with Crippen LogP contribution in [0, 0.1) is 12.8 Å². The molecule has 40 heavy (non-hydrogen) atoms. The molecule has 4 nitrogen and oxygen atoms in total. The summed E-state index contributed by atoms with van der Waals surface area (Å²) >= 11 is 1.81. The van der Waals surface area contributed by atoms with Crippen LogP contribution in [0.25, 0.3) is 54.0 Å².